The van der Waals surface area contributed by atoms with Crippen molar-refractivity contribution in [3.63, 3.8) is 0 Å². The number of hydrogen-bond donors (Lipinski definition) is 3. The van der Waals surface area contributed by atoms with Crippen LogP contribution in [0.4, 0.5) is 16.3 Å². The van der Waals surface area contributed by atoms with Crippen molar-refractivity contribution in [2.24, 2.45) is 0 Å². The molecule has 0 atom stereocenters. The summed E-state index contributed by atoms with van der Waals surface area (Å²) < 4.78 is 5.08. The minimum atomic E-state index is -0.262. The Hall–Kier alpha value is -3.06. The number of methoxy groups -OCH3 is 1. The molecular weight excluding hydrogens is 378 g/mol. The standard InChI is InChI=1S/C20H23N5O2.ClH/c1-4-21-20(26)25-18-9-15-8-16(7-13(2)17(15)12-23-18)22-10-14-5-6-19(27-3)24-11-14;/h5-9,11-12,22H,4,10H2,1-3H3,(H2,21,23,25,26);1H. The van der Waals surface area contributed by atoms with Crippen LogP contribution in [-0.2, 0) is 6.54 Å². The molecule has 28 heavy (non-hydrogen) atoms. The third-order valence-corrected chi connectivity index (χ3v) is 4.13. The van der Waals surface area contributed by atoms with E-state index >= 15 is 0 Å². The lowest BCUT2D eigenvalue weighted by molar-refractivity contribution is 0.252. The third kappa shape index (κ3) is 5.23. The Morgan fingerprint density at radius 2 is 1.96 bits per heavy atom. The maximum atomic E-state index is 11.7. The lowest BCUT2D eigenvalue weighted by Crippen LogP contribution is -2.28. The van der Waals surface area contributed by atoms with Gasteiger partial charge in [-0.25, -0.2) is 14.8 Å². The molecular formula is C20H24ClN5O2. The van der Waals surface area contributed by atoms with Gasteiger partial charge in [0.1, 0.15) is 5.82 Å². The van der Waals surface area contributed by atoms with E-state index in [-0.39, 0.29) is 18.4 Å². The molecule has 2 amide bonds. The minimum Gasteiger partial charge on any atom is -0.481 e. The van der Waals surface area contributed by atoms with Crippen LogP contribution in [0.3, 0.4) is 0 Å². The van der Waals surface area contributed by atoms with Crippen LogP contribution < -0.4 is 20.7 Å². The number of nitrogens with one attached hydrogen (secondary N) is 3. The SMILES string of the molecule is CCNC(=O)Nc1cc2cc(NCc3ccc(OC)nc3)cc(C)c2cn1.Cl. The highest BCUT2D eigenvalue weighted by atomic mass is 35.5. The van der Waals surface area contributed by atoms with E-state index in [1.165, 1.54) is 0 Å². The van der Waals surface area contributed by atoms with E-state index in [9.17, 15) is 4.79 Å². The number of carbonyl (C=O) groups excluding carboxylic acids is 1. The van der Waals surface area contributed by atoms with E-state index in [1.807, 2.05) is 38.1 Å². The summed E-state index contributed by atoms with van der Waals surface area (Å²) in [5.74, 6) is 1.12. The van der Waals surface area contributed by atoms with Gasteiger partial charge in [-0.2, -0.15) is 0 Å². The van der Waals surface area contributed by atoms with Gasteiger partial charge < -0.3 is 15.4 Å². The van der Waals surface area contributed by atoms with Crippen LogP contribution in [0.1, 0.15) is 18.1 Å². The molecule has 0 radical (unpaired) electrons. The van der Waals surface area contributed by atoms with Gasteiger partial charge in [0.05, 0.1) is 7.11 Å². The van der Waals surface area contributed by atoms with Crippen molar-refractivity contribution in [3.05, 3.63) is 53.9 Å². The van der Waals surface area contributed by atoms with Crippen LogP contribution in [-0.4, -0.2) is 29.7 Å². The summed E-state index contributed by atoms with van der Waals surface area (Å²) in [6, 6.07) is 9.56. The van der Waals surface area contributed by atoms with Crippen molar-refractivity contribution in [1.82, 2.24) is 15.3 Å². The largest absolute Gasteiger partial charge is 0.481 e. The fraction of sp³-hybridized carbons (Fsp3) is 0.250. The van der Waals surface area contributed by atoms with Crippen LogP contribution in [0, 0.1) is 6.92 Å². The molecule has 1 aromatic carbocycles. The van der Waals surface area contributed by atoms with Gasteiger partial charge in [-0.05, 0) is 48.6 Å². The Balaban J connectivity index is 0.00000280. The molecule has 0 unspecified atom stereocenters. The summed E-state index contributed by atoms with van der Waals surface area (Å²) in [7, 11) is 1.60. The molecule has 8 heteroatoms. The molecule has 2 heterocycles. The molecule has 0 spiro atoms. The smallest absolute Gasteiger partial charge is 0.320 e. The number of urea groups is 1. The van der Waals surface area contributed by atoms with Gasteiger partial charge >= 0.3 is 6.03 Å². The second kappa shape index (κ2) is 9.75. The zero-order chi connectivity index (χ0) is 19.2. The highest BCUT2D eigenvalue weighted by Gasteiger charge is 2.06. The highest BCUT2D eigenvalue weighted by molar-refractivity contribution is 5.94. The molecule has 0 saturated carbocycles. The fourth-order valence-electron chi connectivity index (χ4n) is 2.77. The Bertz CT molecular complexity index is 947. The Labute approximate surface area is 170 Å². The van der Waals surface area contributed by atoms with E-state index in [4.69, 9.17) is 4.74 Å². The van der Waals surface area contributed by atoms with Crippen LogP contribution in [0.15, 0.2) is 42.7 Å². The van der Waals surface area contributed by atoms with E-state index < -0.39 is 0 Å². The molecule has 0 bridgehead atoms. The number of carbonyl (C=O) groups is 1. The summed E-state index contributed by atoms with van der Waals surface area (Å²) >= 11 is 0. The van der Waals surface area contributed by atoms with Crippen molar-refractivity contribution in [2.45, 2.75) is 20.4 Å². The van der Waals surface area contributed by atoms with E-state index in [0.717, 1.165) is 27.6 Å². The molecule has 3 rings (SSSR count). The predicted octanol–water partition coefficient (Wildman–Crippen LogP) is 4.12. The molecule has 0 fully saturated rings. The molecule has 3 N–H and O–H groups in total. The molecule has 7 nitrogen and oxygen atoms in total. The lowest BCUT2D eigenvalue weighted by atomic mass is 10.1. The number of fused-ring (bicyclic) bond motifs is 1. The lowest BCUT2D eigenvalue weighted by Gasteiger charge is -2.11. The number of nitrogens with zero attached hydrogens (tertiary/aromatic N) is 2. The van der Waals surface area contributed by atoms with Crippen molar-refractivity contribution in [1.29, 1.82) is 0 Å². The van der Waals surface area contributed by atoms with Gasteiger partial charge in [0, 0.05) is 42.6 Å². The number of aromatic nitrogens is 2. The average molecular weight is 402 g/mol. The number of benzene rings is 1. The first kappa shape index (κ1) is 21.2. The van der Waals surface area contributed by atoms with Gasteiger partial charge in [-0.1, -0.05) is 6.07 Å². The molecule has 0 aliphatic heterocycles. The molecule has 2 aromatic heterocycles. The maximum absolute atomic E-state index is 11.7. The number of aryl methyl sites for hydroxylation is 1. The zero-order valence-electron chi connectivity index (χ0n) is 16.1. The summed E-state index contributed by atoms with van der Waals surface area (Å²) in [5, 5.41) is 10.9. The molecule has 0 aliphatic carbocycles. The number of amides is 2. The van der Waals surface area contributed by atoms with E-state index in [0.29, 0.717) is 24.8 Å². The topological polar surface area (TPSA) is 88.2 Å². The van der Waals surface area contributed by atoms with Crippen LogP contribution in [0.2, 0.25) is 0 Å². The van der Waals surface area contributed by atoms with Crippen molar-refractivity contribution < 1.29 is 9.53 Å². The second-order valence-electron chi connectivity index (χ2n) is 6.13. The highest BCUT2D eigenvalue weighted by Crippen LogP contribution is 2.25. The second-order valence-corrected chi connectivity index (χ2v) is 6.13. The van der Waals surface area contributed by atoms with Crippen LogP contribution in [0.25, 0.3) is 10.8 Å². The van der Waals surface area contributed by atoms with Gasteiger partial charge in [-0.3, -0.25) is 5.32 Å². The van der Waals surface area contributed by atoms with Crippen LogP contribution >= 0.6 is 12.4 Å². The quantitative estimate of drug-likeness (QED) is 0.578. The summed E-state index contributed by atoms with van der Waals surface area (Å²) in [5.41, 5.74) is 3.16. The van der Waals surface area contributed by atoms with Crippen molar-refractivity contribution in [3.8, 4) is 5.88 Å². The van der Waals surface area contributed by atoms with E-state index in [1.54, 1.807) is 19.5 Å². The van der Waals surface area contributed by atoms with Crippen LogP contribution in [0.5, 0.6) is 5.88 Å². The molecule has 0 saturated heterocycles. The predicted molar refractivity (Wildman–Crippen MR) is 115 cm³/mol. The Morgan fingerprint density at radius 1 is 1.14 bits per heavy atom. The summed E-state index contributed by atoms with van der Waals surface area (Å²) in [4.78, 5) is 20.2. The number of ether oxygens (including phenoxy) is 1. The first-order valence-electron chi connectivity index (χ1n) is 8.77. The number of halogens is 1. The number of pyridine rings is 2. The maximum Gasteiger partial charge on any atom is 0.320 e. The normalized spacial score (nSPS) is 10.1. The molecule has 0 aliphatic rings. The number of rotatable bonds is 6. The third-order valence-electron chi connectivity index (χ3n) is 4.13. The zero-order valence-corrected chi connectivity index (χ0v) is 16.9. The minimum absolute atomic E-state index is 0. The summed E-state index contributed by atoms with van der Waals surface area (Å²) in [6.07, 6.45) is 3.57. The van der Waals surface area contributed by atoms with Gasteiger partial charge in [0.25, 0.3) is 0 Å². The number of anilines is 2. The van der Waals surface area contributed by atoms with Gasteiger partial charge in [0.2, 0.25) is 5.88 Å². The van der Waals surface area contributed by atoms with Crippen molar-refractivity contribution >= 4 is 40.7 Å². The monoisotopic (exact) mass is 401 g/mol. The Morgan fingerprint density at radius 3 is 2.64 bits per heavy atom. The Kier molecular flexibility index (Phi) is 7.40. The van der Waals surface area contributed by atoms with Gasteiger partial charge in [0.15, 0.2) is 0 Å². The summed E-state index contributed by atoms with van der Waals surface area (Å²) in [6.45, 7) is 5.12. The molecule has 3 aromatic rings. The first-order valence-corrected chi connectivity index (χ1v) is 8.77. The first-order chi connectivity index (χ1) is 13.1. The van der Waals surface area contributed by atoms with Gasteiger partial charge in [-0.15, -0.1) is 12.4 Å². The molecule has 148 valence electrons. The van der Waals surface area contributed by atoms with E-state index in [2.05, 4.69) is 32.0 Å². The average Bonchev–Trinajstić information content (AvgIpc) is 2.66. The fourth-order valence-corrected chi connectivity index (χ4v) is 2.77. The number of hydrogen-bond acceptors (Lipinski definition) is 5. The van der Waals surface area contributed by atoms with Crippen molar-refractivity contribution in [2.75, 3.05) is 24.3 Å².